The zero-order valence-corrected chi connectivity index (χ0v) is 12.1. The predicted molar refractivity (Wildman–Crippen MR) is 76.2 cm³/mol. The zero-order valence-electron chi connectivity index (χ0n) is 8.96. The van der Waals surface area contributed by atoms with Crippen LogP contribution in [0, 0.1) is 6.92 Å². The lowest BCUT2D eigenvalue weighted by Gasteiger charge is -2.06. The fourth-order valence-corrected chi connectivity index (χ4v) is 2.81. The van der Waals surface area contributed by atoms with Crippen LogP contribution in [0.15, 0.2) is 34.8 Å². The van der Waals surface area contributed by atoms with Crippen molar-refractivity contribution >= 4 is 50.5 Å². The molecule has 0 bridgehead atoms. The molecule has 0 fully saturated rings. The first kappa shape index (κ1) is 12.6. The molecule has 0 aliphatic rings. The van der Waals surface area contributed by atoms with Gasteiger partial charge in [0, 0.05) is 9.35 Å². The molecule has 0 aliphatic carbocycles. The van der Waals surface area contributed by atoms with E-state index in [2.05, 4.69) is 21.2 Å². The highest BCUT2D eigenvalue weighted by Gasteiger charge is 2.10. The number of benzene rings is 1. The summed E-state index contributed by atoms with van der Waals surface area (Å²) in [5.41, 5.74) is 0.617. The Morgan fingerprint density at radius 1 is 1.35 bits per heavy atom. The van der Waals surface area contributed by atoms with E-state index in [0.717, 1.165) is 9.35 Å². The maximum absolute atomic E-state index is 11.9. The monoisotopic (exact) mass is 329 g/mol. The molecule has 0 saturated carbocycles. The number of carbonyl (C=O) groups excluding carboxylic acids is 1. The number of halogens is 2. The predicted octanol–water partition coefficient (Wildman–Crippen LogP) is 4.72. The van der Waals surface area contributed by atoms with Gasteiger partial charge in [0.05, 0.1) is 15.6 Å². The number of hydrogen-bond acceptors (Lipinski definition) is 2. The number of nitrogens with one attached hydrogen (secondary N) is 1. The standard InChI is InChI=1S/C12H9BrClNOS/c1-7-2-5-11(17-7)12(16)15-10-4-3-8(13)6-9(10)14/h2-6H,1H3,(H,15,16). The highest BCUT2D eigenvalue weighted by atomic mass is 79.9. The quantitative estimate of drug-likeness (QED) is 0.847. The Kier molecular flexibility index (Phi) is 3.86. The first-order valence-electron chi connectivity index (χ1n) is 4.89. The summed E-state index contributed by atoms with van der Waals surface area (Å²) in [6, 6.07) is 9.08. The van der Waals surface area contributed by atoms with Crippen molar-refractivity contribution in [2.24, 2.45) is 0 Å². The average Bonchev–Trinajstić information content (AvgIpc) is 2.69. The number of rotatable bonds is 2. The molecule has 0 atom stereocenters. The van der Waals surface area contributed by atoms with Gasteiger partial charge in [0.15, 0.2) is 0 Å². The third-order valence-corrected chi connectivity index (χ3v) is 3.95. The van der Waals surface area contributed by atoms with Gasteiger partial charge in [0.25, 0.3) is 5.91 Å². The topological polar surface area (TPSA) is 29.1 Å². The van der Waals surface area contributed by atoms with Crippen LogP contribution in [-0.4, -0.2) is 5.91 Å². The van der Waals surface area contributed by atoms with E-state index >= 15 is 0 Å². The molecule has 1 N–H and O–H groups in total. The molecular weight excluding hydrogens is 322 g/mol. The van der Waals surface area contributed by atoms with Crippen molar-refractivity contribution in [1.29, 1.82) is 0 Å². The zero-order chi connectivity index (χ0) is 12.4. The highest BCUT2D eigenvalue weighted by Crippen LogP contribution is 2.26. The molecule has 1 aromatic heterocycles. The Balaban J connectivity index is 2.18. The first-order valence-corrected chi connectivity index (χ1v) is 6.88. The van der Waals surface area contributed by atoms with Crippen LogP contribution in [0.1, 0.15) is 14.5 Å². The number of anilines is 1. The minimum atomic E-state index is -0.132. The second-order valence-electron chi connectivity index (χ2n) is 3.49. The molecule has 2 rings (SSSR count). The molecule has 17 heavy (non-hydrogen) atoms. The summed E-state index contributed by atoms with van der Waals surface area (Å²) >= 11 is 10.8. The van der Waals surface area contributed by atoms with Gasteiger partial charge in [0.2, 0.25) is 0 Å². The van der Waals surface area contributed by atoms with Crippen LogP contribution in [0.4, 0.5) is 5.69 Å². The number of aryl methyl sites for hydroxylation is 1. The summed E-state index contributed by atoms with van der Waals surface area (Å²) < 4.78 is 0.882. The fourth-order valence-electron chi connectivity index (χ4n) is 1.33. The van der Waals surface area contributed by atoms with Gasteiger partial charge in [-0.1, -0.05) is 27.5 Å². The second-order valence-corrected chi connectivity index (χ2v) is 6.10. The Bertz CT molecular complexity index is 567. The van der Waals surface area contributed by atoms with Crippen molar-refractivity contribution in [1.82, 2.24) is 0 Å². The summed E-state index contributed by atoms with van der Waals surface area (Å²) in [5.74, 6) is -0.132. The van der Waals surface area contributed by atoms with Crippen LogP contribution in [0.2, 0.25) is 5.02 Å². The molecule has 0 unspecified atom stereocenters. The SMILES string of the molecule is Cc1ccc(C(=O)Nc2ccc(Br)cc2Cl)s1. The van der Waals surface area contributed by atoms with Gasteiger partial charge in [-0.3, -0.25) is 4.79 Å². The maximum Gasteiger partial charge on any atom is 0.265 e. The summed E-state index contributed by atoms with van der Waals surface area (Å²) in [4.78, 5) is 13.7. The molecule has 0 spiro atoms. The molecule has 0 aliphatic heterocycles. The summed E-state index contributed by atoms with van der Waals surface area (Å²) in [6.45, 7) is 1.97. The second kappa shape index (κ2) is 5.21. The van der Waals surface area contributed by atoms with E-state index in [1.54, 1.807) is 12.1 Å². The summed E-state index contributed by atoms with van der Waals surface area (Å²) in [6.07, 6.45) is 0. The lowest BCUT2D eigenvalue weighted by Crippen LogP contribution is -2.10. The van der Waals surface area contributed by atoms with Crippen molar-refractivity contribution in [3.8, 4) is 0 Å². The van der Waals surface area contributed by atoms with E-state index in [9.17, 15) is 4.79 Å². The van der Waals surface area contributed by atoms with Crippen LogP contribution in [0.3, 0.4) is 0 Å². The molecule has 1 amide bonds. The van der Waals surface area contributed by atoms with Gasteiger partial charge in [-0.15, -0.1) is 11.3 Å². The molecule has 2 aromatic rings. The molecule has 88 valence electrons. The normalized spacial score (nSPS) is 10.3. The van der Waals surface area contributed by atoms with Gasteiger partial charge in [-0.05, 0) is 37.3 Å². The summed E-state index contributed by atoms with van der Waals surface area (Å²) in [5, 5.41) is 3.30. The number of carbonyl (C=O) groups is 1. The highest BCUT2D eigenvalue weighted by molar-refractivity contribution is 9.10. The summed E-state index contributed by atoms with van der Waals surface area (Å²) in [7, 11) is 0. The lowest BCUT2D eigenvalue weighted by molar-refractivity contribution is 0.103. The van der Waals surface area contributed by atoms with Crippen LogP contribution in [0.5, 0.6) is 0 Å². The molecule has 0 saturated heterocycles. The van der Waals surface area contributed by atoms with Gasteiger partial charge >= 0.3 is 0 Å². The van der Waals surface area contributed by atoms with E-state index in [0.29, 0.717) is 15.6 Å². The molecule has 1 heterocycles. The van der Waals surface area contributed by atoms with Crippen LogP contribution < -0.4 is 5.32 Å². The minimum absolute atomic E-state index is 0.132. The Morgan fingerprint density at radius 3 is 2.71 bits per heavy atom. The fraction of sp³-hybridized carbons (Fsp3) is 0.0833. The molecule has 0 radical (unpaired) electrons. The minimum Gasteiger partial charge on any atom is -0.320 e. The van der Waals surface area contributed by atoms with Crippen LogP contribution in [0.25, 0.3) is 0 Å². The van der Waals surface area contributed by atoms with Gasteiger partial charge in [-0.2, -0.15) is 0 Å². The third kappa shape index (κ3) is 3.09. The number of hydrogen-bond donors (Lipinski definition) is 1. The lowest BCUT2D eigenvalue weighted by atomic mass is 10.3. The molecule has 2 nitrogen and oxygen atoms in total. The van der Waals surface area contributed by atoms with Crippen LogP contribution in [-0.2, 0) is 0 Å². The van der Waals surface area contributed by atoms with Gasteiger partial charge in [-0.25, -0.2) is 0 Å². The van der Waals surface area contributed by atoms with Crippen molar-refractivity contribution in [2.45, 2.75) is 6.92 Å². The van der Waals surface area contributed by atoms with E-state index in [1.807, 2.05) is 25.1 Å². The molecule has 1 aromatic carbocycles. The smallest absolute Gasteiger partial charge is 0.265 e. The van der Waals surface area contributed by atoms with Crippen molar-refractivity contribution in [2.75, 3.05) is 5.32 Å². The van der Waals surface area contributed by atoms with Crippen molar-refractivity contribution in [3.05, 3.63) is 49.6 Å². The van der Waals surface area contributed by atoms with Gasteiger partial charge in [0.1, 0.15) is 0 Å². The maximum atomic E-state index is 11.9. The molecular formula is C12H9BrClNOS. The molecule has 5 heteroatoms. The number of thiophene rings is 1. The third-order valence-electron chi connectivity index (χ3n) is 2.14. The van der Waals surface area contributed by atoms with E-state index < -0.39 is 0 Å². The van der Waals surface area contributed by atoms with Gasteiger partial charge < -0.3 is 5.32 Å². The Labute approximate surface area is 117 Å². The first-order chi connectivity index (χ1) is 8.06. The Morgan fingerprint density at radius 2 is 2.12 bits per heavy atom. The van der Waals surface area contributed by atoms with Crippen LogP contribution >= 0.6 is 38.9 Å². The van der Waals surface area contributed by atoms with E-state index in [4.69, 9.17) is 11.6 Å². The largest absolute Gasteiger partial charge is 0.320 e. The average molecular weight is 331 g/mol. The Hall–Kier alpha value is -0.840. The van der Waals surface area contributed by atoms with E-state index in [1.165, 1.54) is 11.3 Å². The van der Waals surface area contributed by atoms with Crippen molar-refractivity contribution in [3.63, 3.8) is 0 Å². The van der Waals surface area contributed by atoms with Crippen molar-refractivity contribution < 1.29 is 4.79 Å². The number of amides is 1. The van der Waals surface area contributed by atoms with E-state index in [-0.39, 0.29) is 5.91 Å².